The summed E-state index contributed by atoms with van der Waals surface area (Å²) in [6.45, 7) is 3.77. The molecule has 7 nitrogen and oxygen atoms in total. The van der Waals surface area contributed by atoms with Gasteiger partial charge in [-0.2, -0.15) is 0 Å². The lowest BCUT2D eigenvalue weighted by atomic mass is 9.73. The van der Waals surface area contributed by atoms with E-state index >= 15 is 0 Å². The number of rotatable bonds is 5. The molecule has 1 N–H and O–H groups in total. The molecule has 138 valence electrons. The van der Waals surface area contributed by atoms with Crippen LogP contribution in [-0.2, 0) is 17.8 Å². The third kappa shape index (κ3) is 2.63. The lowest BCUT2D eigenvalue weighted by molar-refractivity contribution is -0.151. The molecule has 0 aliphatic carbocycles. The predicted octanol–water partition coefficient (Wildman–Crippen LogP) is 2.31. The molecule has 1 aromatic heterocycles. The van der Waals surface area contributed by atoms with Crippen molar-refractivity contribution in [1.82, 2.24) is 10.1 Å². The maximum Gasteiger partial charge on any atom is 0.315 e. The first kappa shape index (κ1) is 16.9. The van der Waals surface area contributed by atoms with Crippen molar-refractivity contribution in [3.63, 3.8) is 0 Å². The van der Waals surface area contributed by atoms with Crippen LogP contribution in [0.4, 0.5) is 0 Å². The summed E-state index contributed by atoms with van der Waals surface area (Å²) in [6, 6.07) is 7.54. The molecule has 0 bridgehead atoms. The molecule has 2 atom stereocenters. The van der Waals surface area contributed by atoms with Crippen LogP contribution in [0.1, 0.15) is 29.9 Å². The Kier molecular flexibility index (Phi) is 4.11. The number of carboxylic acids is 1. The normalized spacial score (nSPS) is 24.6. The summed E-state index contributed by atoms with van der Waals surface area (Å²) in [7, 11) is 1.60. The maximum absolute atomic E-state index is 12.2. The van der Waals surface area contributed by atoms with Gasteiger partial charge in [-0.05, 0) is 12.5 Å². The summed E-state index contributed by atoms with van der Waals surface area (Å²) < 4.78 is 16.5. The molecule has 2 aliphatic rings. The Hall–Kier alpha value is -2.54. The number of hydrogen-bond donors (Lipinski definition) is 1. The van der Waals surface area contributed by atoms with Gasteiger partial charge >= 0.3 is 5.97 Å². The highest BCUT2D eigenvalue weighted by Gasteiger charge is 2.56. The smallest absolute Gasteiger partial charge is 0.315 e. The average Bonchev–Trinajstić information content (AvgIpc) is 3.26. The molecule has 0 spiro atoms. The van der Waals surface area contributed by atoms with Crippen molar-refractivity contribution in [1.29, 1.82) is 0 Å². The fourth-order valence-corrected chi connectivity index (χ4v) is 4.03. The van der Waals surface area contributed by atoms with E-state index in [-0.39, 0.29) is 12.5 Å². The number of methoxy groups -OCH3 is 1. The molecule has 1 fully saturated rings. The van der Waals surface area contributed by atoms with E-state index in [2.05, 4.69) is 10.1 Å². The number of carboxylic acid groups (broad SMARTS) is 1. The van der Waals surface area contributed by atoms with Gasteiger partial charge in [-0.15, -0.1) is 0 Å². The van der Waals surface area contributed by atoms with E-state index in [1.165, 1.54) is 0 Å². The number of likely N-dealkylation sites (tertiary alicyclic amines) is 1. The van der Waals surface area contributed by atoms with Gasteiger partial charge in [0.15, 0.2) is 5.76 Å². The van der Waals surface area contributed by atoms with E-state index < -0.39 is 11.4 Å². The fourth-order valence-electron chi connectivity index (χ4n) is 4.03. The van der Waals surface area contributed by atoms with Crippen LogP contribution in [0, 0.1) is 5.41 Å². The Balaban J connectivity index is 1.63. The lowest BCUT2D eigenvalue weighted by Crippen LogP contribution is -2.45. The van der Waals surface area contributed by atoms with E-state index in [0.29, 0.717) is 31.1 Å². The third-order valence-electron chi connectivity index (χ3n) is 5.47. The molecule has 2 aromatic rings. The van der Waals surface area contributed by atoms with Crippen LogP contribution in [0.15, 0.2) is 28.8 Å². The summed E-state index contributed by atoms with van der Waals surface area (Å²) in [5.74, 6) is 1.22. The van der Waals surface area contributed by atoms with Crippen molar-refractivity contribution in [2.75, 3.05) is 26.8 Å². The minimum Gasteiger partial charge on any atom is -0.497 e. The summed E-state index contributed by atoms with van der Waals surface area (Å²) in [4.78, 5) is 14.3. The monoisotopic (exact) mass is 358 g/mol. The topological polar surface area (TPSA) is 85.0 Å². The fraction of sp³-hybridized carbons (Fsp3) is 0.474. The number of ether oxygens (including phenoxy) is 2. The number of aromatic nitrogens is 1. The number of aryl methyl sites for hydroxylation is 1. The zero-order chi connectivity index (χ0) is 18.3. The second-order valence-corrected chi connectivity index (χ2v) is 7.01. The van der Waals surface area contributed by atoms with Crippen LogP contribution in [0.25, 0.3) is 0 Å². The first-order valence-electron chi connectivity index (χ1n) is 8.76. The molecule has 1 aromatic carbocycles. The predicted molar refractivity (Wildman–Crippen MR) is 92.5 cm³/mol. The summed E-state index contributed by atoms with van der Waals surface area (Å²) in [5.41, 5.74) is 0.883. The van der Waals surface area contributed by atoms with Crippen molar-refractivity contribution in [3.05, 3.63) is 41.3 Å². The van der Waals surface area contributed by atoms with Gasteiger partial charge in [0, 0.05) is 36.7 Å². The molecule has 0 radical (unpaired) electrons. The number of nitrogens with zero attached hydrogens (tertiary/aromatic N) is 2. The molecular formula is C19H22N2O5. The molecule has 0 saturated carbocycles. The number of carbonyl (C=O) groups is 1. The van der Waals surface area contributed by atoms with Gasteiger partial charge in [-0.25, -0.2) is 0 Å². The molecular weight excluding hydrogens is 336 g/mol. The largest absolute Gasteiger partial charge is 0.497 e. The molecule has 1 saturated heterocycles. The number of hydrogen-bond acceptors (Lipinski definition) is 6. The van der Waals surface area contributed by atoms with Crippen molar-refractivity contribution >= 4 is 5.97 Å². The van der Waals surface area contributed by atoms with Gasteiger partial charge in [0.1, 0.15) is 23.5 Å². The number of benzene rings is 1. The van der Waals surface area contributed by atoms with Crippen LogP contribution in [0.3, 0.4) is 0 Å². The van der Waals surface area contributed by atoms with Crippen molar-refractivity contribution in [2.45, 2.75) is 25.8 Å². The summed E-state index contributed by atoms with van der Waals surface area (Å²) in [6.07, 6.45) is 0.814. The van der Waals surface area contributed by atoms with Crippen LogP contribution < -0.4 is 9.47 Å². The van der Waals surface area contributed by atoms with E-state index in [1.54, 1.807) is 7.11 Å². The third-order valence-corrected chi connectivity index (χ3v) is 5.47. The van der Waals surface area contributed by atoms with Gasteiger partial charge < -0.3 is 19.1 Å². The Bertz CT molecular complexity index is 833. The SMILES string of the molecule is CCc1cc(CN2CC3c4ccc(OC)cc4OCC3(C(=O)O)C2)on1. The standard InChI is InChI=1S/C19H22N2O5/c1-3-12-6-14(26-20-12)8-21-9-16-15-5-4-13(24-2)7-17(15)25-11-19(16,10-21)18(22)23/h4-7,16H,3,8-11H2,1-2H3,(H,22,23). The second kappa shape index (κ2) is 6.32. The van der Waals surface area contributed by atoms with Crippen LogP contribution >= 0.6 is 0 Å². The zero-order valence-electron chi connectivity index (χ0n) is 14.9. The van der Waals surface area contributed by atoms with Gasteiger partial charge in [-0.3, -0.25) is 9.69 Å². The molecule has 2 aliphatic heterocycles. The maximum atomic E-state index is 12.2. The second-order valence-electron chi connectivity index (χ2n) is 7.01. The van der Waals surface area contributed by atoms with Crippen molar-refractivity contribution < 1.29 is 23.9 Å². The van der Waals surface area contributed by atoms with E-state index in [9.17, 15) is 9.90 Å². The Labute approximate surface area is 151 Å². The van der Waals surface area contributed by atoms with Crippen molar-refractivity contribution in [3.8, 4) is 11.5 Å². The van der Waals surface area contributed by atoms with Crippen molar-refractivity contribution in [2.24, 2.45) is 5.41 Å². The summed E-state index contributed by atoms with van der Waals surface area (Å²) >= 11 is 0. The highest BCUT2D eigenvalue weighted by molar-refractivity contribution is 5.78. The Morgan fingerprint density at radius 3 is 3.00 bits per heavy atom. The first-order valence-corrected chi connectivity index (χ1v) is 8.76. The van der Waals surface area contributed by atoms with Crippen LogP contribution in [0.5, 0.6) is 11.5 Å². The quantitative estimate of drug-likeness (QED) is 0.878. The van der Waals surface area contributed by atoms with Gasteiger partial charge in [0.2, 0.25) is 0 Å². The molecule has 0 amide bonds. The zero-order valence-corrected chi connectivity index (χ0v) is 14.9. The van der Waals surface area contributed by atoms with E-state index in [1.807, 2.05) is 31.2 Å². The summed E-state index contributed by atoms with van der Waals surface area (Å²) in [5, 5.41) is 14.0. The minimum atomic E-state index is -0.949. The van der Waals surface area contributed by atoms with Gasteiger partial charge in [0.05, 0.1) is 19.3 Å². The van der Waals surface area contributed by atoms with Crippen LogP contribution in [-0.4, -0.2) is 47.9 Å². The molecule has 2 unspecified atom stereocenters. The lowest BCUT2D eigenvalue weighted by Gasteiger charge is -2.36. The van der Waals surface area contributed by atoms with E-state index in [0.717, 1.165) is 23.4 Å². The number of fused-ring (bicyclic) bond motifs is 3. The van der Waals surface area contributed by atoms with Gasteiger partial charge in [-0.1, -0.05) is 18.1 Å². The van der Waals surface area contributed by atoms with E-state index in [4.69, 9.17) is 14.0 Å². The first-order chi connectivity index (χ1) is 12.6. The Morgan fingerprint density at radius 2 is 2.31 bits per heavy atom. The molecule has 4 rings (SSSR count). The molecule has 3 heterocycles. The number of aliphatic carboxylic acids is 1. The average molecular weight is 358 g/mol. The Morgan fingerprint density at radius 1 is 1.46 bits per heavy atom. The molecule has 7 heteroatoms. The van der Waals surface area contributed by atoms with Crippen LogP contribution in [0.2, 0.25) is 0 Å². The molecule has 26 heavy (non-hydrogen) atoms. The highest BCUT2D eigenvalue weighted by Crippen LogP contribution is 2.50. The van der Waals surface area contributed by atoms with Gasteiger partial charge in [0.25, 0.3) is 0 Å². The highest BCUT2D eigenvalue weighted by atomic mass is 16.5. The minimum absolute atomic E-state index is 0.136.